The van der Waals surface area contributed by atoms with Gasteiger partial charge in [-0.1, -0.05) is 6.92 Å². The summed E-state index contributed by atoms with van der Waals surface area (Å²) in [5.41, 5.74) is 2.22. The molecule has 3 rings (SSSR count). The lowest BCUT2D eigenvalue weighted by molar-refractivity contribution is 0.317. The van der Waals surface area contributed by atoms with Gasteiger partial charge in [0.2, 0.25) is 0 Å². The number of hydrogen-bond donors (Lipinski definition) is 1. The maximum atomic E-state index is 5.60. The Morgan fingerprint density at radius 2 is 2.10 bits per heavy atom. The van der Waals surface area contributed by atoms with Crippen LogP contribution in [0.2, 0.25) is 0 Å². The molecule has 0 spiro atoms. The molecule has 0 atom stereocenters. The summed E-state index contributed by atoms with van der Waals surface area (Å²) in [5, 5.41) is 6.79. The first-order valence-corrected chi connectivity index (χ1v) is 8.61. The maximum Gasteiger partial charge on any atom is 0.119 e. The molecule has 0 amide bonds. The Hall–Kier alpha value is -1.39. The molecule has 1 aromatic heterocycles. The minimum Gasteiger partial charge on any atom is -0.494 e. The third-order valence-electron chi connectivity index (χ3n) is 3.58. The Kier molecular flexibility index (Phi) is 4.88. The molecule has 0 unspecified atom stereocenters. The highest BCUT2D eigenvalue weighted by molar-refractivity contribution is 7.09. The van der Waals surface area contributed by atoms with E-state index in [1.54, 1.807) is 11.3 Å². The summed E-state index contributed by atoms with van der Waals surface area (Å²) >= 11 is 1.73. The molecule has 2 aromatic rings. The molecule has 1 N–H and O–H groups in total. The Balaban J connectivity index is 1.56. The number of ether oxygens (including phenoxy) is 1. The molecule has 0 radical (unpaired) electrons. The third-order valence-corrected chi connectivity index (χ3v) is 4.43. The van der Waals surface area contributed by atoms with Gasteiger partial charge in [-0.15, -0.1) is 11.3 Å². The fourth-order valence-electron chi connectivity index (χ4n) is 2.17. The van der Waals surface area contributed by atoms with Gasteiger partial charge in [0.25, 0.3) is 0 Å². The summed E-state index contributed by atoms with van der Waals surface area (Å²) in [6, 6.07) is 8.22. The minimum atomic E-state index is 0.771. The van der Waals surface area contributed by atoms with Crippen LogP contribution in [0.5, 0.6) is 5.75 Å². The van der Waals surface area contributed by atoms with Gasteiger partial charge >= 0.3 is 0 Å². The van der Waals surface area contributed by atoms with Crippen LogP contribution in [0.15, 0.2) is 29.6 Å². The summed E-state index contributed by atoms with van der Waals surface area (Å²) in [6.45, 7) is 4.91. The van der Waals surface area contributed by atoms with Crippen molar-refractivity contribution in [2.45, 2.75) is 32.7 Å². The van der Waals surface area contributed by atoms with Gasteiger partial charge in [0, 0.05) is 17.5 Å². The van der Waals surface area contributed by atoms with Crippen molar-refractivity contribution >= 4 is 11.3 Å². The van der Waals surface area contributed by atoms with Crippen LogP contribution < -0.4 is 10.1 Å². The van der Waals surface area contributed by atoms with Crippen LogP contribution in [-0.2, 0) is 6.54 Å². The minimum absolute atomic E-state index is 0.771. The second-order valence-corrected chi connectivity index (χ2v) is 6.52. The molecular formula is C17H22N2OS. The van der Waals surface area contributed by atoms with Crippen molar-refractivity contribution in [1.82, 2.24) is 10.3 Å². The smallest absolute Gasteiger partial charge is 0.119 e. The number of nitrogens with zero attached hydrogens (tertiary/aromatic N) is 1. The molecule has 1 aromatic carbocycles. The average molecular weight is 302 g/mol. The van der Waals surface area contributed by atoms with Crippen molar-refractivity contribution in [2.75, 3.05) is 13.2 Å². The van der Waals surface area contributed by atoms with Crippen molar-refractivity contribution in [1.29, 1.82) is 0 Å². The predicted molar refractivity (Wildman–Crippen MR) is 87.8 cm³/mol. The SMILES string of the molecule is CCCOc1ccc(-c2csc(CNCC3CC3)n2)cc1. The number of aromatic nitrogens is 1. The quantitative estimate of drug-likeness (QED) is 0.797. The van der Waals surface area contributed by atoms with Crippen LogP contribution in [0.3, 0.4) is 0 Å². The van der Waals surface area contributed by atoms with Crippen molar-refractivity contribution in [3.63, 3.8) is 0 Å². The second kappa shape index (κ2) is 7.05. The van der Waals surface area contributed by atoms with Gasteiger partial charge in [0.1, 0.15) is 10.8 Å². The molecular weight excluding hydrogens is 280 g/mol. The third kappa shape index (κ3) is 4.29. The highest BCUT2D eigenvalue weighted by Gasteiger charge is 2.20. The van der Waals surface area contributed by atoms with Crippen LogP contribution >= 0.6 is 11.3 Å². The molecule has 4 heteroatoms. The maximum absolute atomic E-state index is 5.60. The van der Waals surface area contributed by atoms with Crippen molar-refractivity contribution < 1.29 is 4.74 Å². The normalized spacial score (nSPS) is 14.3. The summed E-state index contributed by atoms with van der Waals surface area (Å²) in [4.78, 5) is 4.70. The molecule has 21 heavy (non-hydrogen) atoms. The van der Waals surface area contributed by atoms with Gasteiger partial charge in [-0.05, 0) is 56.0 Å². The van der Waals surface area contributed by atoms with E-state index in [2.05, 4.69) is 29.8 Å². The van der Waals surface area contributed by atoms with E-state index >= 15 is 0 Å². The zero-order chi connectivity index (χ0) is 14.5. The molecule has 1 heterocycles. The number of hydrogen-bond acceptors (Lipinski definition) is 4. The van der Waals surface area contributed by atoms with Gasteiger partial charge in [-0.3, -0.25) is 0 Å². The first kappa shape index (κ1) is 14.5. The van der Waals surface area contributed by atoms with E-state index in [1.807, 2.05) is 12.1 Å². The highest BCUT2D eigenvalue weighted by atomic mass is 32.1. The standard InChI is InChI=1S/C17H22N2OS/c1-2-9-20-15-7-5-14(6-8-15)16-12-21-17(19-16)11-18-10-13-3-4-13/h5-8,12-13,18H,2-4,9-11H2,1H3. The van der Waals surface area contributed by atoms with Crippen LogP contribution in [0.25, 0.3) is 11.3 Å². The molecule has 1 aliphatic carbocycles. The molecule has 112 valence electrons. The van der Waals surface area contributed by atoms with Gasteiger partial charge < -0.3 is 10.1 Å². The fourth-order valence-corrected chi connectivity index (χ4v) is 2.94. The summed E-state index contributed by atoms with van der Waals surface area (Å²) in [7, 11) is 0. The Morgan fingerprint density at radius 1 is 1.29 bits per heavy atom. The first-order valence-electron chi connectivity index (χ1n) is 7.73. The predicted octanol–water partition coefficient (Wildman–Crippen LogP) is 4.10. The summed E-state index contributed by atoms with van der Waals surface area (Å²) in [6.07, 6.45) is 3.82. The Labute approximate surface area is 130 Å². The Morgan fingerprint density at radius 3 is 2.81 bits per heavy atom. The number of nitrogens with one attached hydrogen (secondary N) is 1. The number of benzene rings is 1. The lowest BCUT2D eigenvalue weighted by atomic mass is 10.2. The van der Waals surface area contributed by atoms with Crippen molar-refractivity contribution in [3.8, 4) is 17.0 Å². The average Bonchev–Trinajstić information content (AvgIpc) is 3.22. The largest absolute Gasteiger partial charge is 0.494 e. The van der Waals surface area contributed by atoms with E-state index in [0.29, 0.717) is 0 Å². The first-order chi connectivity index (χ1) is 10.3. The van der Waals surface area contributed by atoms with Crippen molar-refractivity contribution in [3.05, 3.63) is 34.7 Å². The van der Waals surface area contributed by atoms with Crippen molar-refractivity contribution in [2.24, 2.45) is 5.92 Å². The lowest BCUT2D eigenvalue weighted by Gasteiger charge is -2.04. The molecule has 0 bridgehead atoms. The van der Waals surface area contributed by atoms with E-state index in [0.717, 1.165) is 54.0 Å². The van der Waals surface area contributed by atoms with Crippen LogP contribution in [0.4, 0.5) is 0 Å². The molecule has 0 saturated heterocycles. The molecule has 1 saturated carbocycles. The molecule has 0 aliphatic heterocycles. The van der Waals surface area contributed by atoms with E-state index in [1.165, 1.54) is 12.8 Å². The van der Waals surface area contributed by atoms with E-state index in [9.17, 15) is 0 Å². The van der Waals surface area contributed by atoms with Gasteiger partial charge in [-0.2, -0.15) is 0 Å². The molecule has 1 fully saturated rings. The van der Waals surface area contributed by atoms with Crippen LogP contribution in [-0.4, -0.2) is 18.1 Å². The summed E-state index contributed by atoms with van der Waals surface area (Å²) < 4.78 is 5.60. The summed E-state index contributed by atoms with van der Waals surface area (Å²) in [5.74, 6) is 1.85. The van der Waals surface area contributed by atoms with Gasteiger partial charge in [-0.25, -0.2) is 4.98 Å². The monoisotopic (exact) mass is 302 g/mol. The van der Waals surface area contributed by atoms with E-state index in [4.69, 9.17) is 9.72 Å². The van der Waals surface area contributed by atoms with Gasteiger partial charge in [0.05, 0.1) is 12.3 Å². The Bertz CT molecular complexity index is 560. The van der Waals surface area contributed by atoms with Gasteiger partial charge in [0.15, 0.2) is 0 Å². The lowest BCUT2D eigenvalue weighted by Crippen LogP contribution is -2.15. The van der Waals surface area contributed by atoms with E-state index in [-0.39, 0.29) is 0 Å². The van der Waals surface area contributed by atoms with Crippen LogP contribution in [0.1, 0.15) is 31.2 Å². The molecule has 3 nitrogen and oxygen atoms in total. The topological polar surface area (TPSA) is 34.1 Å². The van der Waals surface area contributed by atoms with E-state index < -0.39 is 0 Å². The van der Waals surface area contributed by atoms with Crippen LogP contribution in [0, 0.1) is 5.92 Å². The number of rotatable bonds is 8. The zero-order valence-corrected chi connectivity index (χ0v) is 13.3. The fraction of sp³-hybridized carbons (Fsp3) is 0.471. The second-order valence-electron chi connectivity index (χ2n) is 5.57. The number of thiazole rings is 1. The molecule has 1 aliphatic rings. The zero-order valence-electron chi connectivity index (χ0n) is 12.5. The highest BCUT2D eigenvalue weighted by Crippen LogP contribution is 2.28.